The average Bonchev–Trinajstić information content (AvgIpc) is 2.28. The van der Waals surface area contributed by atoms with Crippen molar-refractivity contribution in [1.29, 1.82) is 5.26 Å². The normalized spacial score (nSPS) is 9.71. The Balaban J connectivity index is 2.35. The average molecular weight is 265 g/mol. The lowest BCUT2D eigenvalue weighted by Crippen LogP contribution is -1.98. The van der Waals surface area contributed by atoms with Crippen molar-refractivity contribution in [3.05, 3.63) is 46.3 Å². The summed E-state index contributed by atoms with van der Waals surface area (Å²) >= 11 is 11.7. The summed E-state index contributed by atoms with van der Waals surface area (Å²) in [5.74, 6) is 0.369. The SMILES string of the molecule is N#Cc1nccnc1Nc1cc(Cl)cc(Cl)c1. The van der Waals surface area contributed by atoms with Crippen LogP contribution in [0.2, 0.25) is 10.0 Å². The quantitative estimate of drug-likeness (QED) is 0.903. The molecule has 0 fully saturated rings. The molecule has 1 heterocycles. The topological polar surface area (TPSA) is 61.6 Å². The van der Waals surface area contributed by atoms with Gasteiger partial charge in [-0.2, -0.15) is 5.26 Å². The zero-order chi connectivity index (χ0) is 12.3. The molecule has 0 radical (unpaired) electrons. The van der Waals surface area contributed by atoms with E-state index in [1.54, 1.807) is 18.2 Å². The Bertz CT molecular complexity index is 572. The molecule has 0 bridgehead atoms. The highest BCUT2D eigenvalue weighted by molar-refractivity contribution is 6.35. The van der Waals surface area contributed by atoms with Crippen molar-refractivity contribution >= 4 is 34.7 Å². The summed E-state index contributed by atoms with van der Waals surface area (Å²) in [6.45, 7) is 0. The van der Waals surface area contributed by atoms with Crippen molar-refractivity contribution in [3.8, 4) is 6.07 Å². The standard InChI is InChI=1S/C11H6Cl2N4/c12-7-3-8(13)5-9(4-7)17-11-10(6-14)15-1-2-16-11/h1-5H,(H,16,17). The van der Waals surface area contributed by atoms with Gasteiger partial charge in [-0.05, 0) is 18.2 Å². The van der Waals surface area contributed by atoms with Gasteiger partial charge in [0.15, 0.2) is 11.5 Å². The number of benzene rings is 1. The van der Waals surface area contributed by atoms with Crippen LogP contribution < -0.4 is 5.32 Å². The van der Waals surface area contributed by atoms with Gasteiger partial charge in [-0.15, -0.1) is 0 Å². The predicted molar refractivity (Wildman–Crippen MR) is 66.5 cm³/mol. The molecule has 0 aliphatic rings. The minimum atomic E-state index is 0.212. The van der Waals surface area contributed by atoms with E-state index in [1.165, 1.54) is 12.4 Å². The van der Waals surface area contributed by atoms with Crippen LogP contribution in [0.4, 0.5) is 11.5 Å². The number of halogens is 2. The molecule has 1 N–H and O–H groups in total. The summed E-state index contributed by atoms with van der Waals surface area (Å²) in [4.78, 5) is 7.91. The lowest BCUT2D eigenvalue weighted by molar-refractivity contribution is 1.16. The first-order valence-electron chi connectivity index (χ1n) is 4.63. The van der Waals surface area contributed by atoms with Gasteiger partial charge in [0.25, 0.3) is 0 Å². The summed E-state index contributed by atoms with van der Waals surface area (Å²) in [7, 11) is 0. The van der Waals surface area contributed by atoms with Crippen LogP contribution in [0.5, 0.6) is 0 Å². The molecule has 0 saturated heterocycles. The lowest BCUT2D eigenvalue weighted by atomic mass is 10.3. The molecule has 1 aromatic carbocycles. The van der Waals surface area contributed by atoms with E-state index >= 15 is 0 Å². The van der Waals surface area contributed by atoms with Crippen LogP contribution in [-0.2, 0) is 0 Å². The summed E-state index contributed by atoms with van der Waals surface area (Å²) in [6, 6.07) is 6.93. The molecule has 6 heteroatoms. The molecule has 17 heavy (non-hydrogen) atoms. The second-order valence-corrected chi connectivity index (χ2v) is 4.02. The Labute approximate surface area is 108 Å². The maximum Gasteiger partial charge on any atom is 0.183 e. The van der Waals surface area contributed by atoms with Gasteiger partial charge in [0.05, 0.1) is 0 Å². The van der Waals surface area contributed by atoms with E-state index in [0.29, 0.717) is 21.6 Å². The molecule has 0 spiro atoms. The second kappa shape index (κ2) is 5.00. The van der Waals surface area contributed by atoms with Crippen LogP contribution in [0, 0.1) is 11.3 Å². The minimum absolute atomic E-state index is 0.212. The maximum atomic E-state index is 8.86. The number of nitriles is 1. The van der Waals surface area contributed by atoms with Crippen molar-refractivity contribution in [2.24, 2.45) is 0 Å². The zero-order valence-corrected chi connectivity index (χ0v) is 10.00. The van der Waals surface area contributed by atoms with Crippen LogP contribution in [0.3, 0.4) is 0 Å². The van der Waals surface area contributed by atoms with Crippen molar-refractivity contribution in [3.63, 3.8) is 0 Å². The first kappa shape index (κ1) is 11.6. The number of anilines is 2. The monoisotopic (exact) mass is 264 g/mol. The summed E-state index contributed by atoms with van der Waals surface area (Å²) in [5, 5.41) is 12.8. The fourth-order valence-electron chi connectivity index (χ4n) is 1.27. The van der Waals surface area contributed by atoms with E-state index in [1.807, 2.05) is 6.07 Å². The highest BCUT2D eigenvalue weighted by Gasteiger charge is 2.05. The molecule has 4 nitrogen and oxygen atoms in total. The number of aromatic nitrogens is 2. The summed E-state index contributed by atoms with van der Waals surface area (Å²) in [6.07, 6.45) is 2.95. The Kier molecular flexibility index (Phi) is 3.43. The molecule has 2 rings (SSSR count). The first-order valence-corrected chi connectivity index (χ1v) is 5.39. The van der Waals surface area contributed by atoms with Crippen molar-refractivity contribution in [1.82, 2.24) is 9.97 Å². The lowest BCUT2D eigenvalue weighted by Gasteiger charge is -2.07. The van der Waals surface area contributed by atoms with Crippen molar-refractivity contribution in [2.45, 2.75) is 0 Å². The van der Waals surface area contributed by atoms with E-state index in [-0.39, 0.29) is 5.69 Å². The van der Waals surface area contributed by atoms with Gasteiger partial charge < -0.3 is 5.32 Å². The molecule has 2 aromatic rings. The Morgan fingerprint density at radius 2 is 1.71 bits per heavy atom. The molecule has 84 valence electrons. The number of rotatable bonds is 2. The van der Waals surface area contributed by atoms with E-state index in [0.717, 1.165) is 0 Å². The minimum Gasteiger partial charge on any atom is -0.338 e. The number of hydrogen-bond donors (Lipinski definition) is 1. The molecular weight excluding hydrogens is 259 g/mol. The van der Waals surface area contributed by atoms with Crippen LogP contribution in [0.25, 0.3) is 0 Å². The fourth-order valence-corrected chi connectivity index (χ4v) is 1.80. The van der Waals surface area contributed by atoms with Gasteiger partial charge in [-0.25, -0.2) is 9.97 Å². The Morgan fingerprint density at radius 3 is 2.35 bits per heavy atom. The van der Waals surface area contributed by atoms with Crippen molar-refractivity contribution in [2.75, 3.05) is 5.32 Å². The fraction of sp³-hybridized carbons (Fsp3) is 0. The summed E-state index contributed by atoms with van der Waals surface area (Å²) in [5.41, 5.74) is 0.864. The molecule has 0 aliphatic carbocycles. The van der Waals surface area contributed by atoms with E-state index < -0.39 is 0 Å². The van der Waals surface area contributed by atoms with Crippen LogP contribution in [-0.4, -0.2) is 9.97 Å². The number of hydrogen-bond acceptors (Lipinski definition) is 4. The Morgan fingerprint density at radius 1 is 1.06 bits per heavy atom. The molecule has 0 aliphatic heterocycles. The molecule has 0 saturated carbocycles. The van der Waals surface area contributed by atoms with Gasteiger partial charge in [-0.3, -0.25) is 0 Å². The maximum absolute atomic E-state index is 8.86. The van der Waals surface area contributed by atoms with Crippen LogP contribution in [0.15, 0.2) is 30.6 Å². The van der Waals surface area contributed by atoms with E-state index in [9.17, 15) is 0 Å². The largest absolute Gasteiger partial charge is 0.338 e. The second-order valence-electron chi connectivity index (χ2n) is 3.15. The van der Waals surface area contributed by atoms with E-state index in [2.05, 4.69) is 15.3 Å². The third-order valence-corrected chi connectivity index (χ3v) is 2.37. The van der Waals surface area contributed by atoms with Gasteiger partial charge in [0.1, 0.15) is 6.07 Å². The van der Waals surface area contributed by atoms with Gasteiger partial charge in [-0.1, -0.05) is 23.2 Å². The predicted octanol–water partition coefficient (Wildman–Crippen LogP) is 3.40. The summed E-state index contributed by atoms with van der Waals surface area (Å²) < 4.78 is 0. The third-order valence-electron chi connectivity index (χ3n) is 1.93. The van der Waals surface area contributed by atoms with Gasteiger partial charge >= 0.3 is 0 Å². The smallest absolute Gasteiger partial charge is 0.183 e. The van der Waals surface area contributed by atoms with Gasteiger partial charge in [0.2, 0.25) is 0 Å². The van der Waals surface area contributed by atoms with E-state index in [4.69, 9.17) is 28.5 Å². The first-order chi connectivity index (χ1) is 8.19. The molecule has 0 amide bonds. The molecule has 1 aromatic heterocycles. The third kappa shape index (κ3) is 2.84. The highest BCUT2D eigenvalue weighted by Crippen LogP contribution is 2.25. The van der Waals surface area contributed by atoms with Gasteiger partial charge in [0, 0.05) is 28.1 Å². The van der Waals surface area contributed by atoms with Crippen molar-refractivity contribution < 1.29 is 0 Å². The zero-order valence-electron chi connectivity index (χ0n) is 8.48. The molecular formula is C11H6Cl2N4. The highest BCUT2D eigenvalue weighted by atomic mass is 35.5. The number of nitrogens with one attached hydrogen (secondary N) is 1. The molecule has 0 unspecified atom stereocenters. The molecule has 0 atom stereocenters. The Hall–Kier alpha value is -1.83. The number of nitrogens with zero attached hydrogens (tertiary/aromatic N) is 3. The van der Waals surface area contributed by atoms with Crippen LogP contribution in [0.1, 0.15) is 5.69 Å². The van der Waals surface area contributed by atoms with Crippen LogP contribution >= 0.6 is 23.2 Å².